The lowest BCUT2D eigenvalue weighted by molar-refractivity contribution is -0.155. The van der Waals surface area contributed by atoms with Crippen molar-refractivity contribution in [1.29, 1.82) is 0 Å². The number of rotatable bonds is 26. The standard InChI is InChI=1S/C65H74N4O9S2/c1-46(2)58(61(75)69(6)62(76)77-7)68-60(74)55(45-80-65(50-34-20-11-21-35-50,51-36-22-12-23-37-51)52-38-24-13-25-39-52)67-59(73)54(41-42-57(72)78-63(3,4)5)66-56(71)44-53(70)40-26-27-43-79-64(47-28-14-8-15-29-47,48-30-16-9-17-31-48)49-32-18-10-19-33-49/h8-26,28-40,46,53-55,58,70H,27,41-45H2,1-7H3,(H,66,71)(H,67,73)(H,68,74)/b40-26+/t53-,54-,55-,58-/m1/s1. The lowest BCUT2D eigenvalue weighted by Crippen LogP contribution is -2.59. The molecule has 4 N–H and O–H groups in total. The first-order valence-electron chi connectivity index (χ1n) is 26.8. The monoisotopic (exact) mass is 1120 g/mol. The van der Waals surface area contributed by atoms with Crippen molar-refractivity contribution in [3.8, 4) is 0 Å². The summed E-state index contributed by atoms with van der Waals surface area (Å²) in [6.45, 7) is 8.57. The number of carbonyl (C=O) groups is 6. The predicted molar refractivity (Wildman–Crippen MR) is 319 cm³/mol. The molecule has 420 valence electrons. The molecule has 0 unspecified atom stereocenters. The molecule has 15 heteroatoms. The van der Waals surface area contributed by atoms with Crippen LogP contribution in [0.3, 0.4) is 0 Å². The van der Waals surface area contributed by atoms with Crippen molar-refractivity contribution in [2.75, 3.05) is 25.7 Å². The molecule has 0 aliphatic rings. The number of esters is 1. The summed E-state index contributed by atoms with van der Waals surface area (Å²) in [5.41, 5.74) is 5.18. The predicted octanol–water partition coefficient (Wildman–Crippen LogP) is 10.6. The van der Waals surface area contributed by atoms with E-state index in [1.54, 1.807) is 52.5 Å². The highest BCUT2D eigenvalue weighted by molar-refractivity contribution is 8.00. The zero-order valence-electron chi connectivity index (χ0n) is 46.6. The second-order valence-electron chi connectivity index (χ2n) is 20.6. The largest absolute Gasteiger partial charge is 0.460 e. The average Bonchev–Trinajstić information content (AvgIpc) is 3.65. The lowest BCUT2D eigenvalue weighted by atomic mass is 9.84. The quantitative estimate of drug-likeness (QED) is 0.0176. The summed E-state index contributed by atoms with van der Waals surface area (Å²) in [7, 11) is 2.39. The number of ether oxygens (including phenoxy) is 2. The molecule has 0 heterocycles. The molecule has 6 aromatic carbocycles. The minimum Gasteiger partial charge on any atom is -0.460 e. The van der Waals surface area contributed by atoms with Crippen LogP contribution >= 0.6 is 23.5 Å². The van der Waals surface area contributed by atoms with Crippen LogP contribution in [-0.4, -0.2) is 101 Å². The Bertz CT molecular complexity index is 2770. The van der Waals surface area contributed by atoms with Crippen LogP contribution < -0.4 is 16.0 Å². The Labute approximate surface area is 479 Å². The number of hydrogen-bond donors (Lipinski definition) is 4. The number of likely N-dealkylation sites (N-methyl/N-ethyl adjacent to an activating group) is 1. The van der Waals surface area contributed by atoms with Gasteiger partial charge in [0.1, 0.15) is 23.7 Å². The van der Waals surface area contributed by atoms with E-state index in [-0.39, 0.29) is 18.6 Å². The Kier molecular flexibility index (Phi) is 22.9. The third kappa shape index (κ3) is 16.6. The van der Waals surface area contributed by atoms with Gasteiger partial charge in [0.25, 0.3) is 5.91 Å². The second kappa shape index (κ2) is 29.7. The van der Waals surface area contributed by atoms with Gasteiger partial charge in [-0.3, -0.25) is 24.0 Å². The van der Waals surface area contributed by atoms with Crippen molar-refractivity contribution in [3.63, 3.8) is 0 Å². The van der Waals surface area contributed by atoms with E-state index < -0.39 is 87.4 Å². The summed E-state index contributed by atoms with van der Waals surface area (Å²) < 4.78 is 8.90. The lowest BCUT2D eigenvalue weighted by Gasteiger charge is -2.37. The van der Waals surface area contributed by atoms with Crippen LogP contribution in [0, 0.1) is 5.92 Å². The Morgan fingerprint density at radius 2 is 0.988 bits per heavy atom. The third-order valence-electron chi connectivity index (χ3n) is 13.3. The van der Waals surface area contributed by atoms with Gasteiger partial charge in [0.2, 0.25) is 17.7 Å². The molecule has 0 aliphatic carbocycles. The Morgan fingerprint density at radius 3 is 1.38 bits per heavy atom. The van der Waals surface area contributed by atoms with E-state index in [0.29, 0.717) is 12.2 Å². The first-order chi connectivity index (χ1) is 38.4. The summed E-state index contributed by atoms with van der Waals surface area (Å²) in [5, 5.41) is 19.7. The number of aliphatic hydroxyl groups is 1. The minimum absolute atomic E-state index is 0.0835. The van der Waals surface area contributed by atoms with E-state index in [0.717, 1.165) is 45.4 Å². The van der Waals surface area contributed by atoms with Gasteiger partial charge in [0, 0.05) is 19.2 Å². The molecule has 6 rings (SSSR count). The fourth-order valence-corrected chi connectivity index (χ4v) is 12.4. The van der Waals surface area contributed by atoms with Gasteiger partial charge in [-0.1, -0.05) is 208 Å². The minimum atomic E-state index is -1.39. The summed E-state index contributed by atoms with van der Waals surface area (Å²) in [4.78, 5) is 84.0. The van der Waals surface area contributed by atoms with Gasteiger partial charge in [0.15, 0.2) is 0 Å². The maximum Gasteiger partial charge on any atom is 0.416 e. The van der Waals surface area contributed by atoms with Crippen molar-refractivity contribution < 1.29 is 43.3 Å². The SMILES string of the molecule is COC(=O)N(C)C(=O)[C@H](NC(=O)[C@@H](CSC(c1ccccc1)(c1ccccc1)c1ccccc1)NC(=O)[C@@H](CCC(=O)OC(C)(C)C)NC(=O)C[C@H](O)/C=C/CCSC(c1ccccc1)(c1ccccc1)c1ccccc1)C(C)C. The van der Waals surface area contributed by atoms with Gasteiger partial charge >= 0.3 is 12.1 Å². The molecule has 0 saturated carbocycles. The number of carbonyl (C=O) groups excluding carboxylic acids is 6. The summed E-state index contributed by atoms with van der Waals surface area (Å²) in [5.74, 6) is -3.52. The van der Waals surface area contributed by atoms with Crippen LogP contribution in [0.25, 0.3) is 0 Å². The molecule has 0 bridgehead atoms. The van der Waals surface area contributed by atoms with Crippen molar-refractivity contribution in [3.05, 3.63) is 228 Å². The van der Waals surface area contributed by atoms with Gasteiger partial charge in [-0.25, -0.2) is 9.69 Å². The van der Waals surface area contributed by atoms with Crippen LogP contribution in [0.2, 0.25) is 0 Å². The van der Waals surface area contributed by atoms with Crippen LogP contribution in [0.5, 0.6) is 0 Å². The number of aliphatic hydroxyl groups excluding tert-OH is 1. The maximum absolute atomic E-state index is 14.9. The molecule has 0 saturated heterocycles. The highest BCUT2D eigenvalue weighted by Crippen LogP contribution is 2.50. The molecule has 0 fully saturated rings. The molecule has 0 aromatic heterocycles. The van der Waals surface area contributed by atoms with Crippen molar-refractivity contribution in [2.45, 2.75) is 99.6 Å². The van der Waals surface area contributed by atoms with E-state index in [9.17, 15) is 33.9 Å². The number of thioether (sulfide) groups is 2. The Morgan fingerprint density at radius 1 is 0.588 bits per heavy atom. The molecule has 4 atom stereocenters. The number of allylic oxidation sites excluding steroid dienone is 1. The first-order valence-corrected chi connectivity index (χ1v) is 28.8. The summed E-state index contributed by atoms with van der Waals surface area (Å²) in [6.07, 6.45) is 0.882. The van der Waals surface area contributed by atoms with Crippen LogP contribution in [0.1, 0.15) is 93.7 Å². The van der Waals surface area contributed by atoms with Crippen LogP contribution in [-0.2, 0) is 42.9 Å². The molecule has 80 heavy (non-hydrogen) atoms. The Balaban J connectivity index is 1.26. The number of hydrogen-bond acceptors (Lipinski definition) is 11. The summed E-state index contributed by atoms with van der Waals surface area (Å²) in [6, 6.07) is 56.3. The highest BCUT2D eigenvalue weighted by Gasteiger charge is 2.41. The third-order valence-corrected chi connectivity index (χ3v) is 16.5. The van der Waals surface area contributed by atoms with Gasteiger partial charge in [0.05, 0.1) is 29.1 Å². The van der Waals surface area contributed by atoms with Crippen LogP contribution in [0.15, 0.2) is 194 Å². The van der Waals surface area contributed by atoms with Gasteiger partial charge < -0.3 is 30.5 Å². The van der Waals surface area contributed by atoms with Crippen molar-refractivity contribution in [1.82, 2.24) is 20.9 Å². The number of benzene rings is 6. The average molecular weight is 1120 g/mol. The fraction of sp³-hybridized carbons (Fsp3) is 0.323. The van der Waals surface area contributed by atoms with E-state index in [2.05, 4.69) is 52.3 Å². The number of nitrogens with one attached hydrogen (secondary N) is 3. The smallest absolute Gasteiger partial charge is 0.416 e. The molecule has 0 aliphatic heterocycles. The summed E-state index contributed by atoms with van der Waals surface area (Å²) >= 11 is 3.16. The highest BCUT2D eigenvalue weighted by atomic mass is 32.2. The van der Waals surface area contributed by atoms with Gasteiger partial charge in [-0.15, -0.1) is 23.5 Å². The van der Waals surface area contributed by atoms with Gasteiger partial charge in [-0.05, 0) is 78.7 Å². The normalized spacial score (nSPS) is 13.3. The maximum atomic E-state index is 14.9. The molecular weight excluding hydrogens is 1040 g/mol. The van der Waals surface area contributed by atoms with Gasteiger partial charge in [-0.2, -0.15) is 0 Å². The van der Waals surface area contributed by atoms with Crippen molar-refractivity contribution in [2.24, 2.45) is 5.92 Å². The Hall–Kier alpha value is -7.46. The van der Waals surface area contributed by atoms with E-state index in [1.165, 1.54) is 18.8 Å². The van der Waals surface area contributed by atoms with E-state index in [4.69, 9.17) is 9.47 Å². The number of amides is 5. The van der Waals surface area contributed by atoms with Crippen molar-refractivity contribution >= 4 is 59.2 Å². The zero-order valence-corrected chi connectivity index (χ0v) is 48.2. The second-order valence-corrected chi connectivity index (χ2v) is 23.2. The topological polar surface area (TPSA) is 180 Å². The molecule has 6 aromatic rings. The first kappa shape index (κ1) is 61.7. The number of nitrogens with zero attached hydrogens (tertiary/aromatic N) is 1. The van der Waals surface area contributed by atoms with E-state index >= 15 is 0 Å². The molecule has 5 amide bonds. The van der Waals surface area contributed by atoms with Crippen LogP contribution in [0.4, 0.5) is 4.79 Å². The van der Waals surface area contributed by atoms with E-state index in [1.807, 2.05) is 152 Å². The molecule has 0 radical (unpaired) electrons. The molecule has 0 spiro atoms. The molecule has 13 nitrogen and oxygen atoms in total. The molecular formula is C65H74N4O9S2. The number of methoxy groups -OCH3 is 1. The number of imide groups is 1. The zero-order chi connectivity index (χ0) is 57.7. The fourth-order valence-electron chi connectivity index (χ4n) is 9.37.